The lowest BCUT2D eigenvalue weighted by molar-refractivity contribution is 0.660. The molecule has 0 fully saturated rings. The van der Waals surface area contributed by atoms with Gasteiger partial charge in [-0.3, -0.25) is 0 Å². The standard InChI is InChI=1S/C64H47N3.C61H43N3/c1-63(2)55-28-14-12-26-51(55)52-40-39-50(43-58(52)63)65(46-22-8-4-9-23-46)48-35-37-49(38-36-48)67-61-32-18-15-29-56(61)64(44-20-6-3-7-21-44,57-30-16-19-33-62(57)67)45-34-41-60-54(42-45)53-27-13-17-31-59(53)66(60)47-24-10-5-11-25-47;1-5-19-46(20-6-1)61(47-37-42-58-54(43-47)53-27-13-16-30-57(53)63(58)50-25-11-4-12-26-50)55-28-14-17-31-59(55)64(60-32-18-15-29-56(60)61)52-40-35-45(36-41-52)44-33-38-51(39-34-44)62(48-21-7-2-8-22-48)49-23-9-3-10-24-49/h3-43H,1-2H3;1-43H. The van der Waals surface area contributed by atoms with Gasteiger partial charge < -0.3 is 28.7 Å². The summed E-state index contributed by atoms with van der Waals surface area (Å²) in [5.41, 5.74) is 37.0. The van der Waals surface area contributed by atoms with Crippen molar-refractivity contribution in [2.45, 2.75) is 30.1 Å². The summed E-state index contributed by atoms with van der Waals surface area (Å²) in [5, 5.41) is 4.95. The minimum absolute atomic E-state index is 0.106. The number of hydrogen-bond acceptors (Lipinski definition) is 4. The van der Waals surface area contributed by atoms with E-state index in [1.54, 1.807) is 0 Å². The van der Waals surface area contributed by atoms with Gasteiger partial charge in [0.05, 0.1) is 55.6 Å². The monoisotopic (exact) mass is 1670 g/mol. The summed E-state index contributed by atoms with van der Waals surface area (Å²) in [4.78, 5) is 9.62. The van der Waals surface area contributed by atoms with Crippen LogP contribution >= 0.6 is 0 Å². The Hall–Kier alpha value is -16.8. The minimum atomic E-state index is -0.625. The molecule has 0 N–H and O–H groups in total. The number of anilines is 12. The van der Waals surface area contributed by atoms with Crippen LogP contribution < -0.4 is 19.6 Å². The van der Waals surface area contributed by atoms with Crippen molar-refractivity contribution in [3.63, 3.8) is 0 Å². The molecule has 3 aliphatic rings. The van der Waals surface area contributed by atoms with E-state index < -0.39 is 10.8 Å². The molecule has 2 aromatic heterocycles. The van der Waals surface area contributed by atoms with Crippen LogP contribution in [0.1, 0.15) is 69.5 Å². The van der Waals surface area contributed by atoms with E-state index >= 15 is 0 Å². The van der Waals surface area contributed by atoms with Gasteiger partial charge in [0, 0.05) is 83.8 Å². The molecule has 0 saturated carbocycles. The third-order valence-corrected chi connectivity index (χ3v) is 27.7. The molecule has 22 aromatic rings. The summed E-state index contributed by atoms with van der Waals surface area (Å²) < 4.78 is 4.80. The van der Waals surface area contributed by atoms with Gasteiger partial charge in [0.15, 0.2) is 0 Å². The van der Waals surface area contributed by atoms with Gasteiger partial charge >= 0.3 is 0 Å². The van der Waals surface area contributed by atoms with Crippen LogP contribution in [0.3, 0.4) is 0 Å². The zero-order valence-corrected chi connectivity index (χ0v) is 72.7. The van der Waals surface area contributed by atoms with Gasteiger partial charge in [-0.25, -0.2) is 0 Å². The molecule has 0 amide bonds. The van der Waals surface area contributed by atoms with Crippen LogP contribution in [0.5, 0.6) is 0 Å². The smallest absolute Gasteiger partial charge is 0.0742 e. The largest absolute Gasteiger partial charge is 0.311 e. The average molecular weight is 1680 g/mol. The van der Waals surface area contributed by atoms with Crippen LogP contribution in [-0.4, -0.2) is 9.13 Å². The Labute approximate surface area is 764 Å². The number of nitrogens with zero attached hydrogens (tertiary/aromatic N) is 6. The molecule has 6 heteroatoms. The first-order valence-electron chi connectivity index (χ1n) is 45.4. The molecular weight excluding hydrogens is 1590 g/mol. The maximum Gasteiger partial charge on any atom is 0.0742 e. The van der Waals surface area contributed by atoms with Crippen molar-refractivity contribution in [3.05, 3.63) is 565 Å². The maximum absolute atomic E-state index is 2.47. The topological polar surface area (TPSA) is 22.8 Å². The summed E-state index contributed by atoms with van der Waals surface area (Å²) >= 11 is 0. The molecule has 2 aliphatic heterocycles. The van der Waals surface area contributed by atoms with Crippen LogP contribution in [-0.2, 0) is 16.2 Å². The second-order valence-electron chi connectivity index (χ2n) is 35.0. The molecule has 131 heavy (non-hydrogen) atoms. The molecule has 0 spiro atoms. The quantitative estimate of drug-likeness (QED) is 0.102. The van der Waals surface area contributed by atoms with Crippen LogP contribution in [0.15, 0.2) is 510 Å². The molecule has 4 heterocycles. The first kappa shape index (κ1) is 77.7. The molecule has 0 atom stereocenters. The number of rotatable bonds is 15. The second kappa shape index (κ2) is 31.9. The van der Waals surface area contributed by atoms with E-state index in [-0.39, 0.29) is 5.41 Å². The average Bonchev–Trinajstić information content (AvgIpc) is 1.41. The van der Waals surface area contributed by atoms with Crippen LogP contribution in [0.25, 0.3) is 77.2 Å². The molecule has 20 aromatic carbocycles. The molecule has 0 radical (unpaired) electrons. The Morgan fingerprint density at radius 1 is 0.183 bits per heavy atom. The highest BCUT2D eigenvalue weighted by Gasteiger charge is 2.49. The molecule has 0 saturated heterocycles. The van der Waals surface area contributed by atoms with Gasteiger partial charge in [0.1, 0.15) is 0 Å². The van der Waals surface area contributed by atoms with Gasteiger partial charge in [0.25, 0.3) is 0 Å². The van der Waals surface area contributed by atoms with E-state index in [4.69, 9.17) is 0 Å². The highest BCUT2D eigenvalue weighted by atomic mass is 15.2. The number of hydrogen-bond donors (Lipinski definition) is 0. The Bertz CT molecular complexity index is 7900. The SMILES string of the molecule is CC1(C)c2ccccc2-c2ccc(N(c3ccccc3)c3ccc(N4c5ccccc5C(c5ccccc5)(c5ccc6c(c5)c5ccccc5n6-c5ccccc5)c5ccccc54)cc3)cc21.c1ccc(N(c2ccccc2)c2ccc(-c3ccc(N4c5ccccc5C(c5ccccc5)(c5ccc6c(c5)c5ccccc5n6-c5ccccc5)c5ccccc54)cc3)cc2)cc1. The zero-order chi connectivity index (χ0) is 87.1. The Balaban J connectivity index is 0.000000145. The van der Waals surface area contributed by atoms with E-state index in [1.165, 1.54) is 122 Å². The highest BCUT2D eigenvalue weighted by molar-refractivity contribution is 6.12. The number of para-hydroxylation sites is 11. The molecular formula is C125H90N6. The third-order valence-electron chi connectivity index (χ3n) is 27.7. The number of aromatic nitrogens is 2. The fourth-order valence-electron chi connectivity index (χ4n) is 21.9. The van der Waals surface area contributed by atoms with Crippen LogP contribution in [0.4, 0.5) is 68.2 Å². The lowest BCUT2D eigenvalue weighted by Crippen LogP contribution is -2.37. The van der Waals surface area contributed by atoms with E-state index in [0.717, 1.165) is 79.6 Å². The van der Waals surface area contributed by atoms with E-state index in [2.05, 4.69) is 552 Å². The van der Waals surface area contributed by atoms with Gasteiger partial charge in [0.2, 0.25) is 0 Å². The summed E-state index contributed by atoms with van der Waals surface area (Å²) in [6.07, 6.45) is 0. The van der Waals surface area contributed by atoms with Crippen molar-refractivity contribution in [1.29, 1.82) is 0 Å². The fourth-order valence-corrected chi connectivity index (χ4v) is 21.9. The molecule has 0 unspecified atom stereocenters. The number of benzene rings is 20. The Morgan fingerprint density at radius 2 is 0.473 bits per heavy atom. The van der Waals surface area contributed by atoms with Gasteiger partial charge in [-0.2, -0.15) is 0 Å². The van der Waals surface area contributed by atoms with Crippen LogP contribution in [0, 0.1) is 0 Å². The first-order chi connectivity index (χ1) is 64.8. The minimum Gasteiger partial charge on any atom is -0.311 e. The lowest BCUT2D eigenvalue weighted by Gasteiger charge is -2.46. The second-order valence-corrected chi connectivity index (χ2v) is 35.0. The Morgan fingerprint density at radius 3 is 0.885 bits per heavy atom. The van der Waals surface area contributed by atoms with Crippen molar-refractivity contribution in [2.24, 2.45) is 0 Å². The van der Waals surface area contributed by atoms with Gasteiger partial charge in [-0.15, -0.1) is 0 Å². The first-order valence-corrected chi connectivity index (χ1v) is 45.4. The van der Waals surface area contributed by atoms with E-state index in [0.29, 0.717) is 0 Å². The van der Waals surface area contributed by atoms with Crippen LogP contribution in [0.2, 0.25) is 0 Å². The van der Waals surface area contributed by atoms with Gasteiger partial charge in [-0.05, 0) is 260 Å². The summed E-state index contributed by atoms with van der Waals surface area (Å²) in [7, 11) is 0. The van der Waals surface area contributed by atoms with E-state index in [1.807, 2.05) is 0 Å². The predicted molar refractivity (Wildman–Crippen MR) is 547 cm³/mol. The fraction of sp³-hybridized carbons (Fsp3) is 0.0400. The summed E-state index contributed by atoms with van der Waals surface area (Å²) in [6.45, 7) is 4.71. The van der Waals surface area contributed by atoms with Crippen molar-refractivity contribution < 1.29 is 0 Å². The molecule has 25 rings (SSSR count). The van der Waals surface area contributed by atoms with Crippen molar-refractivity contribution >= 4 is 112 Å². The summed E-state index contributed by atoms with van der Waals surface area (Å²) in [5.74, 6) is 0. The van der Waals surface area contributed by atoms with Crippen molar-refractivity contribution in [1.82, 2.24) is 9.13 Å². The number of fused-ring (bicyclic) bond motifs is 13. The van der Waals surface area contributed by atoms with Crippen molar-refractivity contribution in [3.8, 4) is 33.6 Å². The zero-order valence-electron chi connectivity index (χ0n) is 72.7. The molecule has 1 aliphatic carbocycles. The van der Waals surface area contributed by atoms with E-state index in [9.17, 15) is 0 Å². The lowest BCUT2D eigenvalue weighted by atomic mass is 9.62. The Kier molecular flexibility index (Phi) is 19.0. The normalized spacial score (nSPS) is 13.4. The highest BCUT2D eigenvalue weighted by Crippen LogP contribution is 2.62. The molecule has 620 valence electrons. The summed E-state index contributed by atoms with van der Waals surface area (Å²) in [6, 6.07) is 187. The molecule has 6 nitrogen and oxygen atoms in total. The molecule has 0 bridgehead atoms. The van der Waals surface area contributed by atoms with Gasteiger partial charge in [-0.1, -0.05) is 341 Å². The maximum atomic E-state index is 2.47. The van der Waals surface area contributed by atoms with Crippen molar-refractivity contribution in [2.75, 3.05) is 19.6 Å². The third kappa shape index (κ3) is 12.6. The predicted octanol–water partition coefficient (Wildman–Crippen LogP) is 32.8.